The lowest BCUT2D eigenvalue weighted by Gasteiger charge is -2.13. The first-order valence-electron chi connectivity index (χ1n) is 7.71. The third-order valence-electron chi connectivity index (χ3n) is 3.51. The van der Waals surface area contributed by atoms with Crippen molar-refractivity contribution in [2.75, 3.05) is 26.7 Å². The first-order valence-corrected chi connectivity index (χ1v) is 7.71. The molecule has 2 rings (SSSR count). The monoisotopic (exact) mass is 339 g/mol. The molecule has 0 bridgehead atoms. The number of rotatable bonds is 3. The van der Waals surface area contributed by atoms with Crippen molar-refractivity contribution in [1.29, 1.82) is 0 Å². The molecule has 1 aromatic carbocycles. The second-order valence-electron chi connectivity index (χ2n) is 5.32. The van der Waals surface area contributed by atoms with Gasteiger partial charge in [0, 0.05) is 25.8 Å². The van der Waals surface area contributed by atoms with Gasteiger partial charge in [-0.05, 0) is 31.0 Å². The summed E-state index contributed by atoms with van der Waals surface area (Å²) in [5.41, 5.74) is -0.370. The number of alkyl halides is 3. The summed E-state index contributed by atoms with van der Waals surface area (Å²) in [5.74, 6) is 6.09. The van der Waals surface area contributed by atoms with Crippen molar-refractivity contribution in [2.24, 2.45) is 4.99 Å². The molecule has 130 valence electrons. The van der Waals surface area contributed by atoms with Gasteiger partial charge in [0.25, 0.3) is 0 Å². The van der Waals surface area contributed by atoms with Crippen LogP contribution in [0.15, 0.2) is 29.3 Å². The SMILES string of the molecule is CN=C(NCC#Cc1cccc(C(F)(F)F)c1)NCC1CCCO1. The summed E-state index contributed by atoms with van der Waals surface area (Å²) in [6, 6.07) is 4.97. The molecule has 0 amide bonds. The minimum Gasteiger partial charge on any atom is -0.376 e. The summed E-state index contributed by atoms with van der Waals surface area (Å²) in [5, 5.41) is 6.13. The van der Waals surface area contributed by atoms with E-state index in [1.54, 1.807) is 13.1 Å². The van der Waals surface area contributed by atoms with Crippen LogP contribution in [0.25, 0.3) is 0 Å². The van der Waals surface area contributed by atoms with E-state index in [9.17, 15) is 13.2 Å². The van der Waals surface area contributed by atoms with Crippen LogP contribution < -0.4 is 10.6 Å². The first-order chi connectivity index (χ1) is 11.5. The van der Waals surface area contributed by atoms with E-state index in [0.29, 0.717) is 18.1 Å². The Hall–Kier alpha value is -2.20. The molecule has 0 aliphatic carbocycles. The zero-order valence-electron chi connectivity index (χ0n) is 13.4. The Balaban J connectivity index is 1.81. The minimum atomic E-state index is -4.36. The second-order valence-corrected chi connectivity index (χ2v) is 5.32. The third kappa shape index (κ3) is 5.78. The van der Waals surface area contributed by atoms with Gasteiger partial charge in [0.05, 0.1) is 18.2 Å². The highest BCUT2D eigenvalue weighted by Gasteiger charge is 2.30. The maximum Gasteiger partial charge on any atom is 0.416 e. The highest BCUT2D eigenvalue weighted by Crippen LogP contribution is 2.29. The number of aliphatic imine (C=N–C) groups is 1. The summed E-state index contributed by atoms with van der Waals surface area (Å²) in [6.07, 6.45) is -2.07. The molecule has 1 aliphatic heterocycles. The van der Waals surface area contributed by atoms with Gasteiger partial charge in [-0.3, -0.25) is 4.99 Å². The van der Waals surface area contributed by atoms with Crippen LogP contribution >= 0.6 is 0 Å². The summed E-state index contributed by atoms with van der Waals surface area (Å²) in [7, 11) is 1.64. The van der Waals surface area contributed by atoms with E-state index in [-0.39, 0.29) is 12.6 Å². The number of guanidine groups is 1. The molecule has 24 heavy (non-hydrogen) atoms. The van der Waals surface area contributed by atoms with Gasteiger partial charge in [0.15, 0.2) is 5.96 Å². The smallest absolute Gasteiger partial charge is 0.376 e. The summed E-state index contributed by atoms with van der Waals surface area (Å²) in [4.78, 5) is 4.06. The fraction of sp³-hybridized carbons (Fsp3) is 0.471. The van der Waals surface area contributed by atoms with E-state index in [1.807, 2.05) is 0 Å². The van der Waals surface area contributed by atoms with Gasteiger partial charge in [-0.25, -0.2) is 0 Å². The molecule has 1 fully saturated rings. The molecule has 4 nitrogen and oxygen atoms in total. The van der Waals surface area contributed by atoms with Gasteiger partial charge >= 0.3 is 6.18 Å². The molecular formula is C17H20F3N3O. The van der Waals surface area contributed by atoms with Gasteiger partial charge in [-0.15, -0.1) is 0 Å². The standard InChI is InChI=1S/C17H20F3N3O/c1-21-16(23-12-15-8-4-10-24-15)22-9-3-6-13-5-2-7-14(11-13)17(18,19)20/h2,5,7,11,15H,4,8-10,12H2,1H3,(H2,21,22,23). The Bertz CT molecular complexity index is 626. The third-order valence-corrected chi connectivity index (χ3v) is 3.51. The van der Waals surface area contributed by atoms with Crippen molar-refractivity contribution in [2.45, 2.75) is 25.1 Å². The molecule has 7 heteroatoms. The Morgan fingerprint density at radius 1 is 1.38 bits per heavy atom. The summed E-state index contributed by atoms with van der Waals surface area (Å²) >= 11 is 0. The molecule has 1 unspecified atom stereocenters. The fourth-order valence-electron chi connectivity index (χ4n) is 2.28. The lowest BCUT2D eigenvalue weighted by molar-refractivity contribution is -0.137. The van der Waals surface area contributed by atoms with Crippen molar-refractivity contribution in [3.63, 3.8) is 0 Å². The van der Waals surface area contributed by atoms with Gasteiger partial charge in [-0.2, -0.15) is 13.2 Å². The van der Waals surface area contributed by atoms with E-state index >= 15 is 0 Å². The number of halogens is 3. The Kier molecular flexibility index (Phi) is 6.50. The van der Waals surface area contributed by atoms with Crippen molar-refractivity contribution in [3.8, 4) is 11.8 Å². The lowest BCUT2D eigenvalue weighted by atomic mass is 10.1. The number of nitrogens with zero attached hydrogens (tertiary/aromatic N) is 1. The molecule has 2 N–H and O–H groups in total. The highest BCUT2D eigenvalue weighted by molar-refractivity contribution is 5.79. The zero-order chi connectivity index (χ0) is 17.4. The minimum absolute atomic E-state index is 0.194. The first kappa shape index (κ1) is 18.1. The largest absolute Gasteiger partial charge is 0.416 e. The maximum atomic E-state index is 12.6. The average molecular weight is 339 g/mol. The Morgan fingerprint density at radius 3 is 2.88 bits per heavy atom. The molecule has 0 radical (unpaired) electrons. The van der Waals surface area contributed by atoms with E-state index in [1.165, 1.54) is 6.07 Å². The van der Waals surface area contributed by atoms with Gasteiger partial charge in [0.1, 0.15) is 0 Å². The van der Waals surface area contributed by atoms with Crippen LogP contribution in [-0.2, 0) is 10.9 Å². The predicted octanol–water partition coefficient (Wildman–Crippen LogP) is 2.40. The summed E-state index contributed by atoms with van der Waals surface area (Å²) in [6.45, 7) is 1.74. The Labute approximate surface area is 139 Å². The molecule has 0 aromatic heterocycles. The Morgan fingerprint density at radius 2 is 2.21 bits per heavy atom. The van der Waals surface area contributed by atoms with Gasteiger partial charge in [0.2, 0.25) is 0 Å². The van der Waals surface area contributed by atoms with Gasteiger partial charge < -0.3 is 15.4 Å². The van der Waals surface area contributed by atoms with Crippen molar-refractivity contribution in [3.05, 3.63) is 35.4 Å². The lowest BCUT2D eigenvalue weighted by Crippen LogP contribution is -2.41. The quantitative estimate of drug-likeness (QED) is 0.505. The van der Waals surface area contributed by atoms with Crippen molar-refractivity contribution >= 4 is 5.96 Å². The van der Waals surface area contributed by atoms with Crippen LogP contribution in [0.5, 0.6) is 0 Å². The van der Waals surface area contributed by atoms with Crippen LogP contribution in [0, 0.1) is 11.8 Å². The number of hydrogen-bond donors (Lipinski definition) is 2. The van der Waals surface area contributed by atoms with E-state index < -0.39 is 11.7 Å². The van der Waals surface area contributed by atoms with E-state index in [4.69, 9.17) is 4.74 Å². The number of nitrogens with one attached hydrogen (secondary N) is 2. The normalized spacial score (nSPS) is 18.0. The number of ether oxygens (including phenoxy) is 1. The van der Waals surface area contributed by atoms with Crippen LogP contribution in [0.1, 0.15) is 24.0 Å². The molecular weight excluding hydrogens is 319 g/mol. The van der Waals surface area contributed by atoms with Crippen LogP contribution in [0.4, 0.5) is 13.2 Å². The number of hydrogen-bond acceptors (Lipinski definition) is 2. The molecule has 1 heterocycles. The molecule has 0 spiro atoms. The zero-order valence-corrected chi connectivity index (χ0v) is 13.4. The van der Waals surface area contributed by atoms with Crippen molar-refractivity contribution < 1.29 is 17.9 Å². The van der Waals surface area contributed by atoms with E-state index in [2.05, 4.69) is 27.5 Å². The molecule has 1 atom stereocenters. The average Bonchev–Trinajstić information content (AvgIpc) is 3.07. The van der Waals surface area contributed by atoms with Gasteiger partial charge in [-0.1, -0.05) is 17.9 Å². The van der Waals surface area contributed by atoms with E-state index in [0.717, 1.165) is 31.6 Å². The van der Waals surface area contributed by atoms with Crippen molar-refractivity contribution in [1.82, 2.24) is 10.6 Å². The molecule has 1 aliphatic rings. The fourth-order valence-corrected chi connectivity index (χ4v) is 2.28. The molecule has 1 saturated heterocycles. The predicted molar refractivity (Wildman–Crippen MR) is 86.7 cm³/mol. The van der Waals surface area contributed by atoms with Crippen LogP contribution in [0.3, 0.4) is 0 Å². The second kappa shape index (κ2) is 8.60. The van der Waals surface area contributed by atoms with Crippen LogP contribution in [-0.4, -0.2) is 38.8 Å². The summed E-state index contributed by atoms with van der Waals surface area (Å²) < 4.78 is 43.4. The van der Waals surface area contributed by atoms with Crippen LogP contribution in [0.2, 0.25) is 0 Å². The molecule has 0 saturated carbocycles. The maximum absolute atomic E-state index is 12.6. The molecule has 1 aromatic rings. The number of benzene rings is 1. The topological polar surface area (TPSA) is 45.7 Å². The highest BCUT2D eigenvalue weighted by atomic mass is 19.4.